The minimum absolute atomic E-state index is 0.245. The lowest BCUT2D eigenvalue weighted by molar-refractivity contribution is -0.121. The molecule has 2 unspecified atom stereocenters. The van der Waals surface area contributed by atoms with Gasteiger partial charge in [-0.1, -0.05) is 30.3 Å². The number of nitrogens with one attached hydrogen (secondary N) is 1. The lowest BCUT2D eigenvalue weighted by Crippen LogP contribution is -2.31. The molecule has 0 aliphatic carbocycles. The molecule has 19 heavy (non-hydrogen) atoms. The van der Waals surface area contributed by atoms with Crippen LogP contribution < -0.4 is 5.32 Å². The number of carbonyl (C=O) groups is 1. The van der Waals surface area contributed by atoms with Crippen LogP contribution in [0, 0.1) is 0 Å². The van der Waals surface area contributed by atoms with Crippen LogP contribution >= 0.6 is 11.6 Å². The summed E-state index contributed by atoms with van der Waals surface area (Å²) in [7, 11) is 1.83. The SMILES string of the molecule is CC(NC(=O)C(Cl)c1ccccc1)c1nncn1C. The van der Waals surface area contributed by atoms with Gasteiger partial charge in [0, 0.05) is 7.05 Å². The minimum Gasteiger partial charge on any atom is -0.345 e. The maximum absolute atomic E-state index is 12.1. The van der Waals surface area contributed by atoms with Crippen molar-refractivity contribution in [2.75, 3.05) is 0 Å². The normalized spacial score (nSPS) is 13.8. The van der Waals surface area contributed by atoms with Gasteiger partial charge in [-0.2, -0.15) is 0 Å². The molecule has 2 atom stereocenters. The number of nitrogens with zero attached hydrogens (tertiary/aromatic N) is 3. The van der Waals surface area contributed by atoms with Crippen LogP contribution in [0.25, 0.3) is 0 Å². The van der Waals surface area contributed by atoms with E-state index in [4.69, 9.17) is 11.6 Å². The molecule has 0 aliphatic heterocycles. The zero-order chi connectivity index (χ0) is 13.8. The predicted molar refractivity (Wildman–Crippen MR) is 72.6 cm³/mol. The Bertz CT molecular complexity index is 555. The molecule has 0 spiro atoms. The summed E-state index contributed by atoms with van der Waals surface area (Å²) in [4.78, 5) is 12.1. The maximum atomic E-state index is 12.1. The van der Waals surface area contributed by atoms with E-state index < -0.39 is 5.38 Å². The number of aromatic nitrogens is 3. The van der Waals surface area contributed by atoms with Gasteiger partial charge < -0.3 is 9.88 Å². The second-order valence-electron chi connectivity index (χ2n) is 4.30. The molecule has 1 aromatic heterocycles. The molecule has 0 radical (unpaired) electrons. The van der Waals surface area contributed by atoms with Gasteiger partial charge in [-0.15, -0.1) is 21.8 Å². The Morgan fingerprint density at radius 2 is 2.05 bits per heavy atom. The number of halogens is 1. The van der Waals surface area contributed by atoms with Gasteiger partial charge in [-0.25, -0.2) is 0 Å². The summed E-state index contributed by atoms with van der Waals surface area (Å²) in [6.45, 7) is 1.84. The van der Waals surface area contributed by atoms with Gasteiger partial charge in [0.1, 0.15) is 11.7 Å². The highest BCUT2D eigenvalue weighted by Crippen LogP contribution is 2.21. The number of benzene rings is 1. The van der Waals surface area contributed by atoms with E-state index in [1.807, 2.05) is 44.3 Å². The molecule has 2 aromatic rings. The molecule has 1 amide bonds. The van der Waals surface area contributed by atoms with Crippen LogP contribution in [0.5, 0.6) is 0 Å². The molecule has 0 bridgehead atoms. The molecular formula is C13H15ClN4O. The first-order valence-corrected chi connectivity index (χ1v) is 6.36. The van der Waals surface area contributed by atoms with Crippen LogP contribution in [-0.4, -0.2) is 20.7 Å². The number of amides is 1. The fourth-order valence-corrected chi connectivity index (χ4v) is 2.02. The highest BCUT2D eigenvalue weighted by atomic mass is 35.5. The third-order valence-corrected chi connectivity index (χ3v) is 3.27. The molecule has 2 rings (SSSR count). The van der Waals surface area contributed by atoms with Crippen molar-refractivity contribution in [2.24, 2.45) is 7.05 Å². The Morgan fingerprint density at radius 1 is 1.37 bits per heavy atom. The fraction of sp³-hybridized carbons (Fsp3) is 0.308. The van der Waals surface area contributed by atoms with Gasteiger partial charge >= 0.3 is 0 Å². The zero-order valence-electron chi connectivity index (χ0n) is 10.7. The number of rotatable bonds is 4. The smallest absolute Gasteiger partial charge is 0.243 e. The lowest BCUT2D eigenvalue weighted by Gasteiger charge is -2.16. The molecule has 0 saturated carbocycles. The zero-order valence-corrected chi connectivity index (χ0v) is 11.5. The molecule has 0 aliphatic rings. The van der Waals surface area contributed by atoms with E-state index in [1.165, 1.54) is 0 Å². The van der Waals surface area contributed by atoms with Gasteiger partial charge in [-0.3, -0.25) is 4.79 Å². The van der Waals surface area contributed by atoms with Crippen LogP contribution in [0.1, 0.15) is 29.7 Å². The molecule has 5 nitrogen and oxygen atoms in total. The first kappa shape index (κ1) is 13.5. The number of aryl methyl sites for hydroxylation is 1. The van der Waals surface area contributed by atoms with Crippen molar-refractivity contribution in [2.45, 2.75) is 18.3 Å². The van der Waals surface area contributed by atoms with Crippen molar-refractivity contribution < 1.29 is 4.79 Å². The Balaban J connectivity index is 2.04. The van der Waals surface area contributed by atoms with E-state index in [2.05, 4.69) is 15.5 Å². The third-order valence-electron chi connectivity index (χ3n) is 2.81. The van der Waals surface area contributed by atoms with Crippen molar-refractivity contribution in [3.8, 4) is 0 Å². The van der Waals surface area contributed by atoms with Crippen LogP contribution in [-0.2, 0) is 11.8 Å². The van der Waals surface area contributed by atoms with Crippen molar-refractivity contribution in [3.63, 3.8) is 0 Å². The van der Waals surface area contributed by atoms with Crippen molar-refractivity contribution >= 4 is 17.5 Å². The predicted octanol–water partition coefficient (Wildman–Crippen LogP) is 1.97. The van der Waals surface area contributed by atoms with E-state index in [0.29, 0.717) is 5.82 Å². The van der Waals surface area contributed by atoms with Crippen molar-refractivity contribution in [3.05, 3.63) is 48.0 Å². The Hall–Kier alpha value is -1.88. The molecular weight excluding hydrogens is 264 g/mol. The van der Waals surface area contributed by atoms with Gasteiger partial charge in [0.05, 0.1) is 6.04 Å². The molecule has 0 saturated heterocycles. The molecule has 100 valence electrons. The summed E-state index contributed by atoms with van der Waals surface area (Å²) < 4.78 is 1.76. The van der Waals surface area contributed by atoms with E-state index in [1.54, 1.807) is 10.9 Å². The van der Waals surface area contributed by atoms with Crippen molar-refractivity contribution in [1.82, 2.24) is 20.1 Å². The van der Waals surface area contributed by atoms with E-state index in [0.717, 1.165) is 5.56 Å². The lowest BCUT2D eigenvalue weighted by atomic mass is 10.1. The highest BCUT2D eigenvalue weighted by molar-refractivity contribution is 6.30. The second kappa shape index (κ2) is 5.84. The average Bonchev–Trinajstić information content (AvgIpc) is 2.85. The molecule has 0 fully saturated rings. The first-order valence-electron chi connectivity index (χ1n) is 5.93. The Labute approximate surface area is 116 Å². The van der Waals surface area contributed by atoms with E-state index in [-0.39, 0.29) is 11.9 Å². The summed E-state index contributed by atoms with van der Waals surface area (Å²) in [6, 6.07) is 8.99. The standard InChI is InChI=1S/C13H15ClN4O/c1-9(12-17-15-8-18(12)2)16-13(19)11(14)10-6-4-3-5-7-10/h3-9,11H,1-2H3,(H,16,19). The van der Waals surface area contributed by atoms with Gasteiger partial charge in [-0.05, 0) is 12.5 Å². The molecule has 1 N–H and O–H groups in total. The van der Waals surface area contributed by atoms with Crippen LogP contribution in [0.2, 0.25) is 0 Å². The average molecular weight is 279 g/mol. The number of alkyl halides is 1. The fourth-order valence-electron chi connectivity index (χ4n) is 1.81. The van der Waals surface area contributed by atoms with Gasteiger partial charge in [0.25, 0.3) is 0 Å². The molecule has 6 heteroatoms. The largest absolute Gasteiger partial charge is 0.345 e. The molecule has 1 heterocycles. The number of hydrogen-bond acceptors (Lipinski definition) is 3. The number of carbonyl (C=O) groups excluding carboxylic acids is 1. The summed E-state index contributed by atoms with van der Waals surface area (Å²) in [5.74, 6) is 0.439. The van der Waals surface area contributed by atoms with Crippen LogP contribution in [0.3, 0.4) is 0 Å². The Kier molecular flexibility index (Phi) is 4.16. The van der Waals surface area contributed by atoms with Crippen molar-refractivity contribution in [1.29, 1.82) is 0 Å². The quantitative estimate of drug-likeness (QED) is 0.870. The topological polar surface area (TPSA) is 59.8 Å². The first-order chi connectivity index (χ1) is 9.09. The molecule has 1 aromatic carbocycles. The van der Waals surface area contributed by atoms with Crippen LogP contribution in [0.4, 0.5) is 0 Å². The summed E-state index contributed by atoms with van der Waals surface area (Å²) >= 11 is 6.15. The maximum Gasteiger partial charge on any atom is 0.243 e. The third kappa shape index (κ3) is 3.12. The highest BCUT2D eigenvalue weighted by Gasteiger charge is 2.21. The van der Waals surface area contributed by atoms with E-state index >= 15 is 0 Å². The minimum atomic E-state index is -0.711. The monoisotopic (exact) mass is 278 g/mol. The second-order valence-corrected chi connectivity index (χ2v) is 4.74. The summed E-state index contributed by atoms with van der Waals surface area (Å²) in [5.41, 5.74) is 0.770. The van der Waals surface area contributed by atoms with E-state index in [9.17, 15) is 4.79 Å². The van der Waals surface area contributed by atoms with Crippen LogP contribution in [0.15, 0.2) is 36.7 Å². The summed E-state index contributed by atoms with van der Waals surface area (Å²) in [5, 5.41) is 9.85. The van der Waals surface area contributed by atoms with Gasteiger partial charge in [0.15, 0.2) is 5.82 Å². The number of hydrogen-bond donors (Lipinski definition) is 1. The summed E-state index contributed by atoms with van der Waals surface area (Å²) in [6.07, 6.45) is 1.59. The van der Waals surface area contributed by atoms with Gasteiger partial charge in [0.2, 0.25) is 5.91 Å². The Morgan fingerprint density at radius 3 is 2.63 bits per heavy atom.